The van der Waals surface area contributed by atoms with E-state index in [0.29, 0.717) is 18.8 Å². The molecule has 1 N–H and O–H groups in total. The van der Waals surface area contributed by atoms with Crippen molar-refractivity contribution in [2.45, 2.75) is 18.4 Å². The number of aromatic nitrogens is 4. The molecule has 0 aliphatic carbocycles. The van der Waals surface area contributed by atoms with Gasteiger partial charge in [0.15, 0.2) is 5.82 Å². The maximum Gasteiger partial charge on any atom is 0.178 e. The van der Waals surface area contributed by atoms with E-state index in [0.717, 1.165) is 43.2 Å². The summed E-state index contributed by atoms with van der Waals surface area (Å²) in [5, 5.41) is 14.6. The zero-order chi connectivity index (χ0) is 22.8. The van der Waals surface area contributed by atoms with E-state index >= 15 is 0 Å². The molecule has 164 valence electrons. The van der Waals surface area contributed by atoms with Gasteiger partial charge in [-0.3, -0.25) is 0 Å². The van der Waals surface area contributed by atoms with Crippen LogP contribution in [0, 0.1) is 0 Å². The van der Waals surface area contributed by atoms with Gasteiger partial charge >= 0.3 is 0 Å². The highest BCUT2D eigenvalue weighted by Crippen LogP contribution is 2.47. The lowest BCUT2D eigenvalue weighted by Crippen LogP contribution is -2.39. The number of hydrogen-bond donors (Lipinski definition) is 1. The van der Waals surface area contributed by atoms with E-state index in [4.69, 9.17) is 0 Å². The third kappa shape index (κ3) is 4.16. The molecule has 0 saturated carbocycles. The van der Waals surface area contributed by atoms with Crippen LogP contribution >= 0.6 is 31.9 Å². The van der Waals surface area contributed by atoms with Crippen LogP contribution in [-0.4, -0.2) is 26.9 Å². The van der Waals surface area contributed by atoms with Crippen molar-refractivity contribution < 1.29 is 4.79 Å². The zero-order valence-corrected chi connectivity index (χ0v) is 20.6. The zero-order valence-electron chi connectivity index (χ0n) is 17.5. The number of allylic oxidation sites excluding steroid dienone is 1. The monoisotopic (exact) mass is 563 g/mol. The normalized spacial score (nSPS) is 17.4. The fourth-order valence-electron chi connectivity index (χ4n) is 4.33. The van der Waals surface area contributed by atoms with Gasteiger partial charge in [0, 0.05) is 33.0 Å². The smallest absolute Gasteiger partial charge is 0.178 e. The molecule has 1 aliphatic rings. The average Bonchev–Trinajstić information content (AvgIpc) is 3.38. The second-order valence-corrected chi connectivity index (χ2v) is 9.79. The Morgan fingerprint density at radius 1 is 0.909 bits per heavy atom. The van der Waals surface area contributed by atoms with Crippen LogP contribution in [0.2, 0.25) is 0 Å². The number of anilines is 1. The maximum atomic E-state index is 13.0. The van der Waals surface area contributed by atoms with Crippen molar-refractivity contribution in [2.24, 2.45) is 0 Å². The van der Waals surface area contributed by atoms with Crippen LogP contribution < -0.4 is 4.90 Å². The van der Waals surface area contributed by atoms with E-state index in [1.165, 1.54) is 0 Å². The predicted molar refractivity (Wildman–Crippen MR) is 135 cm³/mol. The Morgan fingerprint density at radius 2 is 1.58 bits per heavy atom. The Bertz CT molecular complexity index is 1300. The van der Waals surface area contributed by atoms with Gasteiger partial charge in [0.05, 0.1) is 5.41 Å². The molecule has 3 aromatic carbocycles. The van der Waals surface area contributed by atoms with Crippen LogP contribution in [0.5, 0.6) is 0 Å². The van der Waals surface area contributed by atoms with Gasteiger partial charge in [0.25, 0.3) is 0 Å². The lowest BCUT2D eigenvalue weighted by molar-refractivity contribution is -0.110. The summed E-state index contributed by atoms with van der Waals surface area (Å²) in [7, 11) is 0. The second-order valence-electron chi connectivity index (χ2n) is 7.96. The van der Waals surface area contributed by atoms with Gasteiger partial charge in [-0.25, -0.2) is 5.10 Å². The fourth-order valence-corrected chi connectivity index (χ4v) is 4.86. The summed E-state index contributed by atoms with van der Waals surface area (Å²) in [5.41, 5.74) is 3.89. The molecule has 1 atom stereocenters. The third-order valence-corrected chi connectivity index (χ3v) is 6.98. The number of aromatic amines is 1. The summed E-state index contributed by atoms with van der Waals surface area (Å²) >= 11 is 6.99. The fraction of sp³-hybridized carbons (Fsp3) is 0.120. The Balaban J connectivity index is 1.67. The molecular formula is C25H19Br2N5O. The molecule has 1 unspecified atom stereocenters. The Kier molecular flexibility index (Phi) is 5.95. The van der Waals surface area contributed by atoms with Gasteiger partial charge in [-0.15, -0.1) is 5.10 Å². The van der Waals surface area contributed by atoms with Crippen LogP contribution in [0.3, 0.4) is 0 Å². The predicted octanol–water partition coefficient (Wildman–Crippen LogP) is 5.47. The van der Waals surface area contributed by atoms with Crippen LogP contribution in [0.25, 0.3) is 5.57 Å². The lowest BCUT2D eigenvalue weighted by atomic mass is 9.68. The van der Waals surface area contributed by atoms with E-state index in [9.17, 15) is 4.79 Å². The molecule has 0 amide bonds. The Hall–Kier alpha value is -3.10. The molecule has 0 spiro atoms. The second kappa shape index (κ2) is 9.03. The molecule has 1 aromatic heterocycles. The number of nitrogens with one attached hydrogen (secondary N) is 1. The first-order chi connectivity index (χ1) is 16.1. The number of fused-ring (bicyclic) bond motifs is 1. The highest BCUT2D eigenvalue weighted by Gasteiger charge is 2.44. The first kappa shape index (κ1) is 21.7. The molecule has 1 aliphatic heterocycles. The quantitative estimate of drug-likeness (QED) is 0.314. The van der Waals surface area contributed by atoms with Crippen molar-refractivity contribution >= 4 is 49.4 Å². The molecule has 0 fully saturated rings. The van der Waals surface area contributed by atoms with Gasteiger partial charge in [-0.05, 0) is 63.9 Å². The van der Waals surface area contributed by atoms with Gasteiger partial charge in [-0.2, -0.15) is 0 Å². The summed E-state index contributed by atoms with van der Waals surface area (Å²) < 4.78 is 2.02. The van der Waals surface area contributed by atoms with Crippen LogP contribution in [-0.2, 0) is 23.2 Å². The molecule has 8 heteroatoms. The highest BCUT2D eigenvalue weighted by molar-refractivity contribution is 9.10. The number of halogens is 2. The molecule has 0 saturated heterocycles. The van der Waals surface area contributed by atoms with Crippen molar-refractivity contribution in [2.75, 3.05) is 4.90 Å². The van der Waals surface area contributed by atoms with Crippen molar-refractivity contribution in [3.63, 3.8) is 0 Å². The minimum absolute atomic E-state index is 0.481. The van der Waals surface area contributed by atoms with Gasteiger partial charge in [0.2, 0.25) is 0 Å². The lowest BCUT2D eigenvalue weighted by Gasteiger charge is -2.40. The third-order valence-electron chi connectivity index (χ3n) is 5.92. The first-order valence-corrected chi connectivity index (χ1v) is 12.0. The summed E-state index contributed by atoms with van der Waals surface area (Å²) in [5.74, 6) is 0.481. The number of tetrazole rings is 1. The van der Waals surface area contributed by atoms with Gasteiger partial charge < -0.3 is 9.69 Å². The van der Waals surface area contributed by atoms with Crippen molar-refractivity contribution in [1.29, 1.82) is 0 Å². The van der Waals surface area contributed by atoms with Gasteiger partial charge in [-0.1, -0.05) is 74.3 Å². The molecule has 0 bridgehead atoms. The van der Waals surface area contributed by atoms with E-state index in [1.54, 1.807) is 0 Å². The number of para-hydroxylation sites is 1. The Morgan fingerprint density at radius 3 is 2.21 bits per heavy atom. The van der Waals surface area contributed by atoms with Crippen molar-refractivity contribution in [3.05, 3.63) is 110 Å². The van der Waals surface area contributed by atoms with Gasteiger partial charge in [0.1, 0.15) is 6.29 Å². The number of carbonyl (C=O) groups excluding carboxylic acids is 1. The van der Waals surface area contributed by atoms with E-state index < -0.39 is 5.41 Å². The number of hydrogen-bond acceptors (Lipinski definition) is 5. The van der Waals surface area contributed by atoms with E-state index in [-0.39, 0.29) is 0 Å². The largest absolute Gasteiger partial charge is 0.343 e. The van der Waals surface area contributed by atoms with Crippen molar-refractivity contribution in [1.82, 2.24) is 20.6 Å². The molecule has 6 nitrogen and oxygen atoms in total. The maximum absolute atomic E-state index is 13.0. The number of rotatable bonds is 6. The minimum atomic E-state index is -0.943. The molecular weight excluding hydrogens is 546 g/mol. The van der Waals surface area contributed by atoms with Crippen molar-refractivity contribution in [3.8, 4) is 0 Å². The number of aldehydes is 1. The van der Waals surface area contributed by atoms with E-state index in [1.807, 2.05) is 60.8 Å². The van der Waals surface area contributed by atoms with E-state index in [2.05, 4.69) is 75.6 Å². The number of benzene rings is 3. The number of H-pyrrole nitrogens is 1. The summed E-state index contributed by atoms with van der Waals surface area (Å²) in [6.45, 7) is 0.641. The topological polar surface area (TPSA) is 74.8 Å². The highest BCUT2D eigenvalue weighted by atomic mass is 79.9. The average molecular weight is 565 g/mol. The SMILES string of the molecule is O=CC1(Cc2ccc(Br)cc2)C(c2nnn[nH]2)=CN(Cc2ccc(Br)cc2)c2ccccc21. The molecule has 2 heterocycles. The Labute approximate surface area is 208 Å². The number of carbonyl (C=O) groups is 1. The molecule has 4 aromatic rings. The summed E-state index contributed by atoms with van der Waals surface area (Å²) in [4.78, 5) is 15.1. The van der Waals surface area contributed by atoms with Crippen LogP contribution in [0.4, 0.5) is 5.69 Å². The van der Waals surface area contributed by atoms with Crippen LogP contribution in [0.1, 0.15) is 22.5 Å². The number of nitrogens with zero attached hydrogens (tertiary/aromatic N) is 4. The standard InChI is InChI=1S/C25H19Br2N5O/c26-19-9-5-17(6-10-19)13-25(16-33)21-3-1-2-4-23(21)32(14-18-7-11-20(27)12-8-18)15-22(25)24-28-30-31-29-24/h1-12,15-16H,13-14H2,(H,28,29,30,31). The molecule has 33 heavy (non-hydrogen) atoms. The first-order valence-electron chi connectivity index (χ1n) is 10.4. The minimum Gasteiger partial charge on any atom is -0.343 e. The summed E-state index contributed by atoms with van der Waals surface area (Å²) in [6.07, 6.45) is 3.51. The molecule has 5 rings (SSSR count). The molecule has 0 radical (unpaired) electrons. The summed E-state index contributed by atoms with van der Waals surface area (Å²) in [6, 6.07) is 24.3. The van der Waals surface area contributed by atoms with Crippen LogP contribution in [0.15, 0.2) is 87.9 Å².